The summed E-state index contributed by atoms with van der Waals surface area (Å²) in [6, 6.07) is 0.105. The average Bonchev–Trinajstić information content (AvgIpc) is 2.12. The molecule has 0 aromatic heterocycles. The standard InChI is InChI=1S/C7H12N2O2/c1-8-3-7(4-11-5-7)9(2)6(8)10/h3-5H2,1-2H3. The van der Waals surface area contributed by atoms with Gasteiger partial charge in [-0.1, -0.05) is 0 Å². The van der Waals surface area contributed by atoms with E-state index < -0.39 is 0 Å². The molecule has 2 aliphatic rings. The molecule has 11 heavy (non-hydrogen) atoms. The fourth-order valence-electron chi connectivity index (χ4n) is 1.70. The van der Waals surface area contributed by atoms with Gasteiger partial charge >= 0.3 is 6.03 Å². The number of hydrogen-bond acceptors (Lipinski definition) is 2. The summed E-state index contributed by atoms with van der Waals surface area (Å²) >= 11 is 0. The van der Waals surface area contributed by atoms with E-state index >= 15 is 0 Å². The van der Waals surface area contributed by atoms with Crippen molar-refractivity contribution in [2.24, 2.45) is 0 Å². The molecule has 2 rings (SSSR count). The lowest BCUT2D eigenvalue weighted by atomic mass is 9.98. The summed E-state index contributed by atoms with van der Waals surface area (Å²) < 4.78 is 5.11. The zero-order valence-corrected chi connectivity index (χ0v) is 6.83. The van der Waals surface area contributed by atoms with Crippen molar-refractivity contribution in [1.82, 2.24) is 9.80 Å². The SMILES string of the molecule is CN1CC2(COC2)N(C)C1=O. The summed E-state index contributed by atoms with van der Waals surface area (Å²) in [6.45, 7) is 2.20. The highest BCUT2D eigenvalue weighted by atomic mass is 16.5. The van der Waals surface area contributed by atoms with Crippen LogP contribution in [0.15, 0.2) is 0 Å². The van der Waals surface area contributed by atoms with E-state index in [0.29, 0.717) is 13.2 Å². The Hall–Kier alpha value is -0.770. The van der Waals surface area contributed by atoms with Crippen molar-refractivity contribution in [3.8, 4) is 0 Å². The third-order valence-electron chi connectivity index (χ3n) is 2.60. The quantitative estimate of drug-likeness (QED) is 0.484. The van der Waals surface area contributed by atoms with Crippen molar-refractivity contribution in [2.45, 2.75) is 5.54 Å². The van der Waals surface area contributed by atoms with E-state index in [9.17, 15) is 4.79 Å². The van der Waals surface area contributed by atoms with Gasteiger partial charge in [0.2, 0.25) is 0 Å². The van der Waals surface area contributed by atoms with Gasteiger partial charge in [-0.05, 0) is 0 Å². The van der Waals surface area contributed by atoms with Gasteiger partial charge in [0, 0.05) is 20.6 Å². The number of carbonyl (C=O) groups is 1. The Bertz CT molecular complexity index is 201. The molecule has 1 spiro atoms. The molecule has 2 saturated heterocycles. The van der Waals surface area contributed by atoms with Gasteiger partial charge in [-0.2, -0.15) is 0 Å². The van der Waals surface area contributed by atoms with Gasteiger partial charge in [-0.3, -0.25) is 0 Å². The van der Waals surface area contributed by atoms with Crippen LogP contribution in [-0.4, -0.2) is 55.2 Å². The fourth-order valence-corrected chi connectivity index (χ4v) is 1.70. The van der Waals surface area contributed by atoms with Crippen molar-refractivity contribution in [3.05, 3.63) is 0 Å². The molecule has 2 heterocycles. The Morgan fingerprint density at radius 3 is 2.27 bits per heavy atom. The smallest absolute Gasteiger partial charge is 0.320 e. The Balaban J connectivity index is 2.20. The van der Waals surface area contributed by atoms with E-state index in [1.165, 1.54) is 0 Å². The first-order chi connectivity index (χ1) is 5.16. The minimum Gasteiger partial charge on any atom is -0.376 e. The van der Waals surface area contributed by atoms with Crippen LogP contribution in [0.2, 0.25) is 0 Å². The van der Waals surface area contributed by atoms with Crippen LogP contribution < -0.4 is 0 Å². The molecule has 0 aromatic rings. The largest absolute Gasteiger partial charge is 0.376 e. The van der Waals surface area contributed by atoms with Crippen LogP contribution in [-0.2, 0) is 4.74 Å². The summed E-state index contributed by atoms with van der Waals surface area (Å²) in [5, 5.41) is 0. The minimum atomic E-state index is 0.00579. The Morgan fingerprint density at radius 1 is 1.45 bits per heavy atom. The third-order valence-corrected chi connectivity index (χ3v) is 2.60. The highest BCUT2D eigenvalue weighted by molar-refractivity contribution is 5.77. The van der Waals surface area contributed by atoms with Gasteiger partial charge in [-0.25, -0.2) is 4.79 Å². The number of carbonyl (C=O) groups excluding carboxylic acids is 1. The van der Waals surface area contributed by atoms with Gasteiger partial charge in [0.1, 0.15) is 5.54 Å². The molecule has 62 valence electrons. The molecule has 0 aliphatic carbocycles. The van der Waals surface area contributed by atoms with Gasteiger partial charge in [0.25, 0.3) is 0 Å². The van der Waals surface area contributed by atoms with Crippen LogP contribution in [0.25, 0.3) is 0 Å². The van der Waals surface area contributed by atoms with Crippen molar-refractivity contribution in [2.75, 3.05) is 33.9 Å². The average molecular weight is 156 g/mol. The molecular weight excluding hydrogens is 144 g/mol. The number of nitrogens with zero attached hydrogens (tertiary/aromatic N) is 2. The first-order valence-corrected chi connectivity index (χ1v) is 3.72. The minimum absolute atomic E-state index is 0.00579. The fraction of sp³-hybridized carbons (Fsp3) is 0.857. The normalized spacial score (nSPS) is 28.0. The maximum absolute atomic E-state index is 11.3. The maximum Gasteiger partial charge on any atom is 0.320 e. The summed E-state index contributed by atoms with van der Waals surface area (Å²) in [4.78, 5) is 14.8. The Kier molecular flexibility index (Phi) is 1.18. The van der Waals surface area contributed by atoms with Crippen molar-refractivity contribution < 1.29 is 9.53 Å². The van der Waals surface area contributed by atoms with Gasteiger partial charge in [0.15, 0.2) is 0 Å². The lowest BCUT2D eigenvalue weighted by Crippen LogP contribution is -2.60. The molecule has 2 fully saturated rings. The maximum atomic E-state index is 11.3. The number of likely N-dealkylation sites (N-methyl/N-ethyl adjacent to an activating group) is 2. The molecule has 0 radical (unpaired) electrons. The van der Waals surface area contributed by atoms with E-state index in [1.807, 2.05) is 14.1 Å². The molecule has 0 bridgehead atoms. The van der Waals surface area contributed by atoms with Crippen molar-refractivity contribution in [1.29, 1.82) is 0 Å². The van der Waals surface area contributed by atoms with Gasteiger partial charge < -0.3 is 14.5 Å². The van der Waals surface area contributed by atoms with Crippen molar-refractivity contribution >= 4 is 6.03 Å². The first-order valence-electron chi connectivity index (χ1n) is 3.72. The van der Waals surface area contributed by atoms with Gasteiger partial charge in [-0.15, -0.1) is 0 Å². The van der Waals surface area contributed by atoms with E-state index in [1.54, 1.807) is 9.80 Å². The number of urea groups is 1. The van der Waals surface area contributed by atoms with Crippen LogP contribution >= 0.6 is 0 Å². The predicted molar refractivity (Wildman–Crippen MR) is 39.3 cm³/mol. The molecule has 4 heteroatoms. The molecule has 2 amide bonds. The molecule has 0 atom stereocenters. The number of ether oxygens (including phenoxy) is 1. The topological polar surface area (TPSA) is 32.8 Å². The molecule has 2 aliphatic heterocycles. The first kappa shape index (κ1) is 6.91. The Labute approximate surface area is 65.7 Å². The summed E-state index contributed by atoms with van der Waals surface area (Å²) in [5.74, 6) is 0. The van der Waals surface area contributed by atoms with E-state index in [2.05, 4.69) is 0 Å². The summed E-state index contributed by atoms with van der Waals surface area (Å²) in [6.07, 6.45) is 0. The molecule has 0 N–H and O–H groups in total. The van der Waals surface area contributed by atoms with E-state index in [-0.39, 0.29) is 11.6 Å². The molecular formula is C7H12N2O2. The molecule has 4 nitrogen and oxygen atoms in total. The van der Waals surface area contributed by atoms with Crippen LogP contribution in [0.3, 0.4) is 0 Å². The highest BCUT2D eigenvalue weighted by Crippen LogP contribution is 2.30. The highest BCUT2D eigenvalue weighted by Gasteiger charge is 2.51. The molecule has 0 saturated carbocycles. The van der Waals surface area contributed by atoms with Gasteiger partial charge in [0.05, 0.1) is 13.2 Å². The second-order valence-corrected chi connectivity index (χ2v) is 3.41. The second-order valence-electron chi connectivity index (χ2n) is 3.41. The Morgan fingerprint density at radius 2 is 2.09 bits per heavy atom. The second kappa shape index (κ2) is 1.88. The van der Waals surface area contributed by atoms with E-state index in [0.717, 1.165) is 6.54 Å². The van der Waals surface area contributed by atoms with Crippen LogP contribution in [0.1, 0.15) is 0 Å². The number of hydrogen-bond donors (Lipinski definition) is 0. The zero-order valence-electron chi connectivity index (χ0n) is 6.83. The van der Waals surface area contributed by atoms with Crippen molar-refractivity contribution in [3.63, 3.8) is 0 Å². The molecule has 0 aromatic carbocycles. The van der Waals surface area contributed by atoms with Crippen LogP contribution in [0, 0.1) is 0 Å². The third kappa shape index (κ3) is 0.701. The van der Waals surface area contributed by atoms with Crippen LogP contribution in [0.5, 0.6) is 0 Å². The van der Waals surface area contributed by atoms with Crippen LogP contribution in [0.4, 0.5) is 4.79 Å². The lowest BCUT2D eigenvalue weighted by molar-refractivity contribution is -0.101. The molecule has 0 unspecified atom stereocenters. The summed E-state index contributed by atoms with van der Waals surface area (Å²) in [7, 11) is 3.67. The predicted octanol–water partition coefficient (Wildman–Crippen LogP) is -0.247. The summed E-state index contributed by atoms with van der Waals surface area (Å²) in [5.41, 5.74) is 0.00579. The number of amides is 2. The zero-order chi connectivity index (χ0) is 8.06. The monoisotopic (exact) mass is 156 g/mol. The van der Waals surface area contributed by atoms with E-state index in [4.69, 9.17) is 4.74 Å². The number of rotatable bonds is 0. The lowest BCUT2D eigenvalue weighted by Gasteiger charge is -2.41.